The molecule has 0 fully saturated rings. The average molecular weight is 293 g/mol. The van der Waals surface area contributed by atoms with E-state index in [1.54, 1.807) is 19.1 Å². The van der Waals surface area contributed by atoms with Gasteiger partial charge in [0.1, 0.15) is 0 Å². The fourth-order valence-corrected chi connectivity index (χ4v) is 1.75. The van der Waals surface area contributed by atoms with Crippen LogP contribution in [-0.2, 0) is 11.4 Å². The molecule has 15 heavy (non-hydrogen) atoms. The minimum Gasteiger partial charge on any atom is -0.392 e. The van der Waals surface area contributed by atoms with E-state index >= 15 is 0 Å². The van der Waals surface area contributed by atoms with Crippen LogP contribution in [0, 0.1) is 0 Å². The Morgan fingerprint density at radius 3 is 2.80 bits per heavy atom. The number of aliphatic hydroxyl groups is 1. The lowest BCUT2D eigenvalue weighted by Crippen LogP contribution is -2.11. The molecule has 0 aromatic heterocycles. The molecule has 0 aliphatic heterocycles. The van der Waals surface area contributed by atoms with Crippen molar-refractivity contribution < 1.29 is 9.90 Å². The molecule has 0 atom stereocenters. The second kappa shape index (κ2) is 5.49. The standard InChI is InChI=1S/C10H11BrClNO2/c1-2-9(15)13-8-4-3-7(12)10(11)6(8)5-14/h3-4,14H,2,5H2,1H3,(H,13,15). The Morgan fingerprint density at radius 2 is 2.27 bits per heavy atom. The van der Waals surface area contributed by atoms with Gasteiger partial charge in [-0.2, -0.15) is 0 Å². The molecular formula is C10H11BrClNO2. The van der Waals surface area contributed by atoms with E-state index in [0.717, 1.165) is 0 Å². The summed E-state index contributed by atoms with van der Waals surface area (Å²) < 4.78 is 0.612. The van der Waals surface area contributed by atoms with Crippen LogP contribution >= 0.6 is 27.5 Å². The number of nitrogens with one attached hydrogen (secondary N) is 1. The van der Waals surface area contributed by atoms with Crippen molar-refractivity contribution in [1.82, 2.24) is 0 Å². The summed E-state index contributed by atoms with van der Waals surface area (Å²) in [7, 11) is 0. The third kappa shape index (κ3) is 2.93. The van der Waals surface area contributed by atoms with Crippen LogP contribution in [0.15, 0.2) is 16.6 Å². The van der Waals surface area contributed by atoms with Gasteiger partial charge in [-0.15, -0.1) is 0 Å². The van der Waals surface area contributed by atoms with Gasteiger partial charge in [0.05, 0.1) is 11.6 Å². The lowest BCUT2D eigenvalue weighted by atomic mass is 10.2. The van der Waals surface area contributed by atoms with Crippen molar-refractivity contribution in [2.45, 2.75) is 20.0 Å². The largest absolute Gasteiger partial charge is 0.392 e. The van der Waals surface area contributed by atoms with Gasteiger partial charge in [-0.25, -0.2) is 0 Å². The summed E-state index contributed by atoms with van der Waals surface area (Å²) in [4.78, 5) is 11.2. The number of aliphatic hydroxyl groups excluding tert-OH is 1. The van der Waals surface area contributed by atoms with Gasteiger partial charge in [0.15, 0.2) is 0 Å². The average Bonchev–Trinajstić information content (AvgIpc) is 2.24. The molecule has 0 unspecified atom stereocenters. The fraction of sp³-hybridized carbons (Fsp3) is 0.300. The number of anilines is 1. The molecule has 1 aromatic rings. The molecule has 1 aromatic carbocycles. The highest BCUT2D eigenvalue weighted by Crippen LogP contribution is 2.31. The molecular weight excluding hydrogens is 281 g/mol. The predicted octanol–water partition coefficient (Wildman–Crippen LogP) is 2.94. The monoisotopic (exact) mass is 291 g/mol. The summed E-state index contributed by atoms with van der Waals surface area (Å²) in [5, 5.41) is 12.4. The number of carbonyl (C=O) groups is 1. The second-order valence-corrected chi connectivity index (χ2v) is 4.15. The van der Waals surface area contributed by atoms with E-state index in [1.165, 1.54) is 0 Å². The highest BCUT2D eigenvalue weighted by molar-refractivity contribution is 9.10. The number of benzene rings is 1. The minimum atomic E-state index is -0.180. The molecule has 1 amide bonds. The smallest absolute Gasteiger partial charge is 0.224 e. The van der Waals surface area contributed by atoms with Gasteiger partial charge in [0, 0.05) is 22.1 Å². The fourth-order valence-electron chi connectivity index (χ4n) is 1.10. The lowest BCUT2D eigenvalue weighted by Gasteiger charge is -2.11. The SMILES string of the molecule is CCC(=O)Nc1ccc(Cl)c(Br)c1CO. The Labute approximate surface area is 102 Å². The first-order valence-corrected chi connectivity index (χ1v) is 5.64. The van der Waals surface area contributed by atoms with Gasteiger partial charge in [0.2, 0.25) is 5.91 Å². The van der Waals surface area contributed by atoms with E-state index in [9.17, 15) is 4.79 Å². The first-order valence-electron chi connectivity index (χ1n) is 4.47. The zero-order valence-electron chi connectivity index (χ0n) is 8.18. The molecule has 1 rings (SSSR count). The molecule has 0 radical (unpaired) electrons. The summed E-state index contributed by atoms with van der Waals surface area (Å²) in [6, 6.07) is 3.34. The molecule has 82 valence electrons. The van der Waals surface area contributed by atoms with Crippen molar-refractivity contribution in [3.05, 3.63) is 27.2 Å². The predicted molar refractivity (Wildman–Crippen MR) is 64.0 cm³/mol. The molecule has 0 heterocycles. The van der Waals surface area contributed by atoms with Gasteiger partial charge in [-0.3, -0.25) is 4.79 Å². The van der Waals surface area contributed by atoms with Gasteiger partial charge in [-0.1, -0.05) is 18.5 Å². The number of amides is 1. The van der Waals surface area contributed by atoms with Crippen molar-refractivity contribution in [2.24, 2.45) is 0 Å². The van der Waals surface area contributed by atoms with Crippen LogP contribution in [0.25, 0.3) is 0 Å². The molecule has 0 aliphatic carbocycles. The molecule has 0 bridgehead atoms. The maximum Gasteiger partial charge on any atom is 0.224 e. The third-order valence-electron chi connectivity index (χ3n) is 1.95. The maximum atomic E-state index is 11.2. The highest BCUT2D eigenvalue weighted by Gasteiger charge is 2.10. The zero-order chi connectivity index (χ0) is 11.4. The summed E-state index contributed by atoms with van der Waals surface area (Å²) in [6.45, 7) is 1.58. The topological polar surface area (TPSA) is 49.3 Å². The van der Waals surface area contributed by atoms with Crippen molar-refractivity contribution >= 4 is 39.1 Å². The number of hydrogen-bond acceptors (Lipinski definition) is 2. The molecule has 0 aliphatic rings. The van der Waals surface area contributed by atoms with Crippen LogP contribution < -0.4 is 5.32 Å². The quantitative estimate of drug-likeness (QED) is 0.900. The van der Waals surface area contributed by atoms with Crippen molar-refractivity contribution in [1.29, 1.82) is 0 Å². The Kier molecular flexibility index (Phi) is 4.57. The first kappa shape index (κ1) is 12.5. The van der Waals surface area contributed by atoms with E-state index in [-0.39, 0.29) is 12.5 Å². The molecule has 0 saturated carbocycles. The second-order valence-electron chi connectivity index (χ2n) is 2.95. The number of carbonyl (C=O) groups excluding carboxylic acids is 1. The Hall–Kier alpha value is -0.580. The Bertz CT molecular complexity index is 382. The van der Waals surface area contributed by atoms with Crippen molar-refractivity contribution in [2.75, 3.05) is 5.32 Å². The van der Waals surface area contributed by atoms with Crippen molar-refractivity contribution in [3.63, 3.8) is 0 Å². The summed E-state index contributed by atoms with van der Waals surface area (Å²) >= 11 is 9.12. The van der Waals surface area contributed by atoms with Crippen LogP contribution in [0.2, 0.25) is 5.02 Å². The molecule has 3 nitrogen and oxygen atoms in total. The van der Waals surface area contributed by atoms with Gasteiger partial charge in [-0.05, 0) is 28.1 Å². The van der Waals surface area contributed by atoms with E-state index in [0.29, 0.717) is 27.2 Å². The van der Waals surface area contributed by atoms with E-state index in [2.05, 4.69) is 21.2 Å². The highest BCUT2D eigenvalue weighted by atomic mass is 79.9. The van der Waals surface area contributed by atoms with E-state index in [4.69, 9.17) is 16.7 Å². The maximum absolute atomic E-state index is 11.2. The molecule has 0 spiro atoms. The van der Waals surface area contributed by atoms with Gasteiger partial charge in [0.25, 0.3) is 0 Å². The lowest BCUT2D eigenvalue weighted by molar-refractivity contribution is -0.115. The van der Waals surface area contributed by atoms with Crippen molar-refractivity contribution in [3.8, 4) is 0 Å². The first-order chi connectivity index (χ1) is 7.10. The zero-order valence-corrected chi connectivity index (χ0v) is 10.5. The number of hydrogen-bond donors (Lipinski definition) is 2. The number of rotatable bonds is 3. The normalized spacial score (nSPS) is 10.1. The van der Waals surface area contributed by atoms with Gasteiger partial charge >= 0.3 is 0 Å². The van der Waals surface area contributed by atoms with Crippen LogP contribution in [-0.4, -0.2) is 11.0 Å². The summed E-state index contributed by atoms with van der Waals surface area (Å²) in [5.41, 5.74) is 1.17. The minimum absolute atomic E-state index is 0.0982. The van der Waals surface area contributed by atoms with Crippen LogP contribution in [0.4, 0.5) is 5.69 Å². The van der Waals surface area contributed by atoms with E-state index in [1.807, 2.05) is 0 Å². The van der Waals surface area contributed by atoms with E-state index < -0.39 is 0 Å². The molecule has 2 N–H and O–H groups in total. The Morgan fingerprint density at radius 1 is 1.60 bits per heavy atom. The molecule has 5 heteroatoms. The van der Waals surface area contributed by atoms with Gasteiger partial charge < -0.3 is 10.4 Å². The van der Waals surface area contributed by atoms with Crippen LogP contribution in [0.5, 0.6) is 0 Å². The molecule has 0 saturated heterocycles. The van der Waals surface area contributed by atoms with Crippen LogP contribution in [0.1, 0.15) is 18.9 Å². The number of halogens is 2. The Balaban J connectivity index is 3.07. The summed E-state index contributed by atoms with van der Waals surface area (Å²) in [5.74, 6) is -0.0982. The van der Waals surface area contributed by atoms with Crippen LogP contribution in [0.3, 0.4) is 0 Å². The summed E-state index contributed by atoms with van der Waals surface area (Å²) in [6.07, 6.45) is 0.394. The third-order valence-corrected chi connectivity index (χ3v) is 3.40.